The molecule has 26 heavy (non-hydrogen) atoms. The smallest absolute Gasteiger partial charge is 0.263 e. The van der Waals surface area contributed by atoms with Gasteiger partial charge in [0.2, 0.25) is 5.91 Å². The number of carbonyl (C=O) groups is 1. The monoisotopic (exact) mass is 393 g/mol. The van der Waals surface area contributed by atoms with Crippen LogP contribution in [0.3, 0.4) is 0 Å². The SMILES string of the molecule is CCn1c(SCC(=O)NC(C)(C)C)nc2sc3c(c2c1=O)CCC(C)C3. The third-order valence-corrected chi connectivity index (χ3v) is 6.67. The van der Waals surface area contributed by atoms with Crippen molar-refractivity contribution in [1.82, 2.24) is 14.9 Å². The molecule has 1 unspecified atom stereocenters. The van der Waals surface area contributed by atoms with Gasteiger partial charge in [-0.2, -0.15) is 0 Å². The Kier molecular flexibility index (Phi) is 5.49. The summed E-state index contributed by atoms with van der Waals surface area (Å²) >= 11 is 3.00. The van der Waals surface area contributed by atoms with Gasteiger partial charge in [0.15, 0.2) is 5.16 Å². The van der Waals surface area contributed by atoms with Crippen molar-refractivity contribution in [2.75, 3.05) is 5.75 Å². The highest BCUT2D eigenvalue weighted by Crippen LogP contribution is 2.36. The highest BCUT2D eigenvalue weighted by atomic mass is 32.2. The molecule has 0 saturated heterocycles. The fraction of sp³-hybridized carbons (Fsp3) is 0.632. The number of hydrogen-bond donors (Lipinski definition) is 1. The average molecular weight is 394 g/mol. The van der Waals surface area contributed by atoms with Gasteiger partial charge in [0, 0.05) is 17.0 Å². The summed E-state index contributed by atoms with van der Waals surface area (Å²) in [6, 6.07) is 0. The summed E-state index contributed by atoms with van der Waals surface area (Å²) in [5.41, 5.74) is 0.997. The second kappa shape index (κ2) is 7.35. The Hall–Kier alpha value is -1.34. The molecule has 0 spiro atoms. The topological polar surface area (TPSA) is 64.0 Å². The van der Waals surface area contributed by atoms with Gasteiger partial charge in [0.25, 0.3) is 5.56 Å². The summed E-state index contributed by atoms with van der Waals surface area (Å²) in [5.74, 6) is 0.884. The zero-order chi connectivity index (χ0) is 19.1. The molecule has 1 aliphatic rings. The van der Waals surface area contributed by atoms with Crippen LogP contribution in [0.2, 0.25) is 0 Å². The maximum atomic E-state index is 13.1. The summed E-state index contributed by atoms with van der Waals surface area (Å²) in [7, 11) is 0. The minimum Gasteiger partial charge on any atom is -0.351 e. The predicted octanol–water partition coefficient (Wildman–Crippen LogP) is 3.61. The number of nitrogens with zero attached hydrogens (tertiary/aromatic N) is 2. The van der Waals surface area contributed by atoms with Gasteiger partial charge in [-0.05, 0) is 58.4 Å². The first-order valence-electron chi connectivity index (χ1n) is 9.18. The van der Waals surface area contributed by atoms with Crippen molar-refractivity contribution >= 4 is 39.2 Å². The molecular formula is C19H27N3O2S2. The molecule has 5 nitrogen and oxygen atoms in total. The molecule has 0 saturated carbocycles. The normalized spacial score (nSPS) is 17.3. The Labute approximate surface area is 162 Å². The van der Waals surface area contributed by atoms with Gasteiger partial charge in [-0.15, -0.1) is 11.3 Å². The maximum Gasteiger partial charge on any atom is 0.263 e. The van der Waals surface area contributed by atoms with Gasteiger partial charge in [0.1, 0.15) is 4.83 Å². The second-order valence-electron chi connectivity index (χ2n) is 8.06. The number of aromatic nitrogens is 2. The standard InChI is InChI=1S/C19H27N3O2S2/c1-6-22-17(24)15-12-8-7-11(2)9-13(12)26-16(15)20-18(22)25-10-14(23)21-19(3,4)5/h11H,6-10H2,1-5H3,(H,21,23). The van der Waals surface area contributed by atoms with Crippen molar-refractivity contribution < 1.29 is 4.79 Å². The molecule has 0 bridgehead atoms. The third kappa shape index (κ3) is 3.98. The third-order valence-electron chi connectivity index (χ3n) is 4.54. The van der Waals surface area contributed by atoms with Gasteiger partial charge in [-0.25, -0.2) is 4.98 Å². The van der Waals surface area contributed by atoms with Crippen LogP contribution < -0.4 is 10.9 Å². The number of carbonyl (C=O) groups excluding carboxylic acids is 1. The first kappa shape index (κ1) is 19.4. The lowest BCUT2D eigenvalue weighted by Gasteiger charge is -2.20. The average Bonchev–Trinajstić information content (AvgIpc) is 2.88. The predicted molar refractivity (Wildman–Crippen MR) is 109 cm³/mol. The van der Waals surface area contributed by atoms with Crippen LogP contribution in [-0.4, -0.2) is 26.8 Å². The fourth-order valence-corrected chi connectivity index (χ4v) is 5.67. The first-order valence-corrected chi connectivity index (χ1v) is 11.0. The Bertz CT molecular complexity index is 893. The van der Waals surface area contributed by atoms with E-state index in [1.165, 1.54) is 22.2 Å². The number of rotatable bonds is 4. The lowest BCUT2D eigenvalue weighted by atomic mass is 9.89. The quantitative estimate of drug-likeness (QED) is 0.637. The molecule has 3 rings (SSSR count). The Morgan fingerprint density at radius 2 is 2.15 bits per heavy atom. The molecule has 1 atom stereocenters. The van der Waals surface area contributed by atoms with Crippen LogP contribution >= 0.6 is 23.1 Å². The summed E-state index contributed by atoms with van der Waals surface area (Å²) in [6.07, 6.45) is 3.14. The van der Waals surface area contributed by atoms with Gasteiger partial charge >= 0.3 is 0 Å². The molecule has 1 amide bonds. The minimum absolute atomic E-state index is 0.0428. The number of amides is 1. The summed E-state index contributed by atoms with van der Waals surface area (Å²) in [5, 5.41) is 4.40. The van der Waals surface area contributed by atoms with Crippen LogP contribution in [0.5, 0.6) is 0 Å². The lowest BCUT2D eigenvalue weighted by Crippen LogP contribution is -2.41. The number of nitrogens with one attached hydrogen (secondary N) is 1. The van der Waals surface area contributed by atoms with Gasteiger partial charge in [0.05, 0.1) is 11.1 Å². The van der Waals surface area contributed by atoms with Crippen LogP contribution in [0.4, 0.5) is 0 Å². The second-order valence-corrected chi connectivity index (χ2v) is 10.1. The van der Waals surface area contributed by atoms with E-state index in [9.17, 15) is 9.59 Å². The lowest BCUT2D eigenvalue weighted by molar-refractivity contribution is -0.119. The molecule has 142 valence electrons. The van der Waals surface area contributed by atoms with E-state index in [0.717, 1.165) is 29.5 Å². The Morgan fingerprint density at radius 3 is 2.81 bits per heavy atom. The Balaban J connectivity index is 1.94. The van der Waals surface area contributed by atoms with Crippen molar-refractivity contribution in [1.29, 1.82) is 0 Å². The number of fused-ring (bicyclic) bond motifs is 3. The summed E-state index contributed by atoms with van der Waals surface area (Å²) < 4.78 is 1.71. The van der Waals surface area contributed by atoms with E-state index in [1.807, 2.05) is 27.7 Å². The van der Waals surface area contributed by atoms with Gasteiger partial charge < -0.3 is 5.32 Å². The van der Waals surface area contributed by atoms with Crippen molar-refractivity contribution in [2.24, 2.45) is 5.92 Å². The molecule has 0 aromatic carbocycles. The molecular weight excluding hydrogens is 366 g/mol. The van der Waals surface area contributed by atoms with Crippen molar-refractivity contribution in [3.8, 4) is 0 Å². The molecule has 0 aliphatic heterocycles. The molecule has 7 heteroatoms. The van der Waals surface area contributed by atoms with Crippen LogP contribution in [0.25, 0.3) is 10.2 Å². The summed E-state index contributed by atoms with van der Waals surface area (Å²) in [6.45, 7) is 10.7. The van der Waals surface area contributed by atoms with E-state index in [4.69, 9.17) is 4.98 Å². The molecule has 0 fully saturated rings. The van der Waals surface area contributed by atoms with Crippen LogP contribution in [-0.2, 0) is 24.2 Å². The van der Waals surface area contributed by atoms with Crippen molar-refractivity contribution in [2.45, 2.75) is 71.1 Å². The number of aryl methyl sites for hydroxylation is 1. The van der Waals surface area contributed by atoms with E-state index in [-0.39, 0.29) is 22.8 Å². The van der Waals surface area contributed by atoms with E-state index in [2.05, 4.69) is 12.2 Å². The first-order chi connectivity index (χ1) is 12.2. The van der Waals surface area contributed by atoms with Gasteiger partial charge in [-0.1, -0.05) is 18.7 Å². The highest BCUT2D eigenvalue weighted by molar-refractivity contribution is 7.99. The molecule has 1 aliphatic carbocycles. The fourth-order valence-electron chi connectivity index (χ4n) is 3.38. The largest absolute Gasteiger partial charge is 0.351 e. The highest BCUT2D eigenvalue weighted by Gasteiger charge is 2.24. The summed E-state index contributed by atoms with van der Waals surface area (Å²) in [4.78, 5) is 32.1. The van der Waals surface area contributed by atoms with E-state index in [1.54, 1.807) is 15.9 Å². The minimum atomic E-state index is -0.261. The van der Waals surface area contributed by atoms with Gasteiger partial charge in [-0.3, -0.25) is 14.2 Å². The molecule has 2 aromatic rings. The van der Waals surface area contributed by atoms with Crippen LogP contribution in [0.1, 0.15) is 51.5 Å². The van der Waals surface area contributed by atoms with Crippen molar-refractivity contribution in [3.05, 3.63) is 20.8 Å². The molecule has 0 radical (unpaired) electrons. The van der Waals surface area contributed by atoms with Crippen LogP contribution in [0, 0.1) is 5.92 Å². The van der Waals surface area contributed by atoms with E-state index < -0.39 is 0 Å². The Morgan fingerprint density at radius 1 is 1.42 bits per heavy atom. The van der Waals surface area contributed by atoms with Crippen LogP contribution in [0.15, 0.2) is 9.95 Å². The van der Waals surface area contributed by atoms with E-state index in [0.29, 0.717) is 17.6 Å². The van der Waals surface area contributed by atoms with E-state index >= 15 is 0 Å². The molecule has 1 N–H and O–H groups in total. The maximum absolute atomic E-state index is 13.1. The molecule has 2 heterocycles. The molecule has 2 aromatic heterocycles. The van der Waals surface area contributed by atoms with Crippen molar-refractivity contribution in [3.63, 3.8) is 0 Å². The zero-order valence-electron chi connectivity index (χ0n) is 16.1. The number of thioether (sulfide) groups is 1. The number of thiophene rings is 1. The zero-order valence-corrected chi connectivity index (χ0v) is 17.8. The number of hydrogen-bond acceptors (Lipinski definition) is 5.